The standard InChI is InChI=1S/C10H13FN2O4S/c1-5-3-13(9(16)12-8(5)18)7-2-6(15)10(11,4-14)17-7/h3,6-7,14-15H,2,4H2,1H3,(H,12,16,18)/t6-,7+,10+/m0/s1. The molecule has 18 heavy (non-hydrogen) atoms. The molecule has 1 aliphatic heterocycles. The van der Waals surface area contributed by atoms with Crippen LogP contribution in [-0.2, 0) is 4.74 Å². The number of aromatic nitrogens is 2. The van der Waals surface area contributed by atoms with Gasteiger partial charge >= 0.3 is 5.69 Å². The van der Waals surface area contributed by atoms with Gasteiger partial charge in [-0.15, -0.1) is 0 Å². The van der Waals surface area contributed by atoms with E-state index in [-0.39, 0.29) is 6.42 Å². The summed E-state index contributed by atoms with van der Waals surface area (Å²) in [4.78, 5) is 14.1. The Kier molecular flexibility index (Phi) is 3.37. The Morgan fingerprint density at radius 2 is 2.44 bits per heavy atom. The molecule has 0 saturated carbocycles. The van der Waals surface area contributed by atoms with Gasteiger partial charge in [-0.05, 0) is 6.92 Å². The Morgan fingerprint density at radius 3 is 3.00 bits per heavy atom. The quantitative estimate of drug-likeness (QED) is 0.669. The van der Waals surface area contributed by atoms with E-state index in [1.807, 2.05) is 0 Å². The van der Waals surface area contributed by atoms with Gasteiger partial charge < -0.3 is 14.9 Å². The number of aromatic amines is 1. The second kappa shape index (κ2) is 4.54. The van der Waals surface area contributed by atoms with Gasteiger partial charge in [0.1, 0.15) is 23.6 Å². The van der Waals surface area contributed by atoms with Gasteiger partial charge in [0.05, 0.1) is 0 Å². The molecule has 1 aliphatic rings. The van der Waals surface area contributed by atoms with Crippen molar-refractivity contribution in [3.8, 4) is 0 Å². The van der Waals surface area contributed by atoms with Crippen LogP contribution < -0.4 is 5.69 Å². The van der Waals surface area contributed by atoms with E-state index in [9.17, 15) is 14.3 Å². The number of H-pyrrole nitrogens is 1. The maximum absolute atomic E-state index is 13.8. The minimum atomic E-state index is -2.54. The zero-order valence-corrected chi connectivity index (χ0v) is 10.4. The van der Waals surface area contributed by atoms with Crippen LogP contribution >= 0.6 is 12.2 Å². The number of nitrogens with one attached hydrogen (secondary N) is 1. The smallest absolute Gasteiger partial charge is 0.328 e. The van der Waals surface area contributed by atoms with Crippen molar-refractivity contribution in [1.29, 1.82) is 0 Å². The van der Waals surface area contributed by atoms with Crippen LogP contribution in [0.5, 0.6) is 0 Å². The summed E-state index contributed by atoms with van der Waals surface area (Å²) < 4.78 is 20.1. The summed E-state index contributed by atoms with van der Waals surface area (Å²) in [5.41, 5.74) is 0.0769. The van der Waals surface area contributed by atoms with Gasteiger partial charge in [-0.25, -0.2) is 9.18 Å². The number of rotatable bonds is 2. The fraction of sp³-hybridized carbons (Fsp3) is 0.600. The van der Waals surface area contributed by atoms with E-state index in [1.54, 1.807) is 6.92 Å². The van der Waals surface area contributed by atoms with Crippen molar-refractivity contribution >= 4 is 12.2 Å². The topological polar surface area (TPSA) is 87.5 Å². The molecule has 100 valence electrons. The molecule has 3 N–H and O–H groups in total. The van der Waals surface area contributed by atoms with Crippen molar-refractivity contribution in [3.05, 3.63) is 26.9 Å². The zero-order chi connectivity index (χ0) is 13.5. The third-order valence-corrected chi connectivity index (χ3v) is 3.35. The summed E-state index contributed by atoms with van der Waals surface area (Å²) in [5, 5.41) is 18.3. The van der Waals surface area contributed by atoms with E-state index in [0.29, 0.717) is 10.2 Å². The maximum Gasteiger partial charge on any atom is 0.328 e. The molecule has 0 bridgehead atoms. The van der Waals surface area contributed by atoms with Gasteiger partial charge in [-0.2, -0.15) is 0 Å². The van der Waals surface area contributed by atoms with E-state index >= 15 is 0 Å². The van der Waals surface area contributed by atoms with E-state index < -0.39 is 30.5 Å². The maximum atomic E-state index is 13.8. The fourth-order valence-electron chi connectivity index (χ4n) is 1.83. The lowest BCUT2D eigenvalue weighted by molar-refractivity contribution is -0.207. The molecule has 1 aromatic rings. The summed E-state index contributed by atoms with van der Waals surface area (Å²) in [5.74, 6) is -2.54. The first kappa shape index (κ1) is 13.3. The van der Waals surface area contributed by atoms with Crippen LogP contribution in [0.15, 0.2) is 11.0 Å². The monoisotopic (exact) mass is 276 g/mol. The number of alkyl halides is 1. The van der Waals surface area contributed by atoms with Crippen LogP contribution in [-0.4, -0.2) is 38.3 Å². The van der Waals surface area contributed by atoms with E-state index in [2.05, 4.69) is 4.98 Å². The average Bonchev–Trinajstić information content (AvgIpc) is 2.61. The number of aryl methyl sites for hydroxylation is 1. The molecule has 0 aromatic carbocycles. The van der Waals surface area contributed by atoms with Crippen molar-refractivity contribution in [2.24, 2.45) is 0 Å². The Morgan fingerprint density at radius 1 is 1.78 bits per heavy atom. The average molecular weight is 276 g/mol. The SMILES string of the molecule is Cc1cn([C@H]2C[C@H](O)[C@@](F)(CO)O2)c(=O)[nH]c1=S. The highest BCUT2D eigenvalue weighted by Crippen LogP contribution is 2.36. The molecule has 2 heterocycles. The summed E-state index contributed by atoms with van der Waals surface area (Å²) in [6, 6.07) is 0. The third kappa shape index (κ3) is 2.12. The highest BCUT2D eigenvalue weighted by Gasteiger charge is 2.49. The molecule has 0 amide bonds. The van der Waals surface area contributed by atoms with Crippen molar-refractivity contribution in [2.45, 2.75) is 31.5 Å². The molecule has 6 nitrogen and oxygen atoms in total. The third-order valence-electron chi connectivity index (χ3n) is 2.93. The molecular weight excluding hydrogens is 263 g/mol. The molecule has 0 unspecified atom stereocenters. The lowest BCUT2D eigenvalue weighted by atomic mass is 10.1. The number of aliphatic hydroxyl groups excluding tert-OH is 2. The van der Waals surface area contributed by atoms with Gasteiger partial charge in [0.2, 0.25) is 0 Å². The number of ether oxygens (including phenoxy) is 1. The van der Waals surface area contributed by atoms with Crippen molar-refractivity contribution in [1.82, 2.24) is 9.55 Å². The van der Waals surface area contributed by atoms with Crippen molar-refractivity contribution in [2.75, 3.05) is 6.61 Å². The van der Waals surface area contributed by atoms with Crippen LogP contribution in [0.4, 0.5) is 4.39 Å². The normalized spacial score (nSPS) is 31.8. The first-order chi connectivity index (χ1) is 8.37. The summed E-state index contributed by atoms with van der Waals surface area (Å²) >= 11 is 4.89. The Bertz CT molecular complexity index is 572. The molecule has 1 saturated heterocycles. The van der Waals surface area contributed by atoms with Gasteiger partial charge in [-0.3, -0.25) is 9.55 Å². The predicted octanol–water partition coefficient (Wildman–Crippen LogP) is 0.152. The number of hydrogen-bond acceptors (Lipinski definition) is 5. The van der Waals surface area contributed by atoms with E-state index in [0.717, 1.165) is 4.57 Å². The highest BCUT2D eigenvalue weighted by molar-refractivity contribution is 7.71. The van der Waals surface area contributed by atoms with Crippen LogP contribution in [0.1, 0.15) is 18.2 Å². The Hall–Kier alpha value is -1.09. The van der Waals surface area contributed by atoms with Gasteiger partial charge in [0, 0.05) is 18.2 Å². The van der Waals surface area contributed by atoms with Crippen LogP contribution in [0.25, 0.3) is 0 Å². The van der Waals surface area contributed by atoms with Crippen LogP contribution in [0.3, 0.4) is 0 Å². The number of nitrogens with zero attached hydrogens (tertiary/aromatic N) is 1. The molecule has 1 aromatic heterocycles. The lowest BCUT2D eigenvalue weighted by Gasteiger charge is -2.20. The van der Waals surface area contributed by atoms with Crippen molar-refractivity contribution in [3.63, 3.8) is 0 Å². The molecule has 0 aliphatic carbocycles. The van der Waals surface area contributed by atoms with Gasteiger partial charge in [0.25, 0.3) is 5.85 Å². The fourth-order valence-corrected chi connectivity index (χ4v) is 1.97. The Balaban J connectivity index is 2.38. The van der Waals surface area contributed by atoms with Crippen molar-refractivity contribution < 1.29 is 19.3 Å². The second-order valence-corrected chi connectivity index (χ2v) is 4.66. The van der Waals surface area contributed by atoms with Crippen LogP contribution in [0, 0.1) is 11.6 Å². The molecule has 3 atom stereocenters. The second-order valence-electron chi connectivity index (χ2n) is 4.25. The molecule has 0 radical (unpaired) electrons. The van der Waals surface area contributed by atoms with Gasteiger partial charge in [-0.1, -0.05) is 12.2 Å². The number of halogens is 1. The highest BCUT2D eigenvalue weighted by atomic mass is 32.1. The summed E-state index contributed by atoms with van der Waals surface area (Å²) in [6.07, 6.45) is -1.15. The van der Waals surface area contributed by atoms with Gasteiger partial charge in [0.15, 0.2) is 0 Å². The predicted molar refractivity (Wildman–Crippen MR) is 62.3 cm³/mol. The largest absolute Gasteiger partial charge is 0.390 e. The minimum Gasteiger partial charge on any atom is -0.390 e. The van der Waals surface area contributed by atoms with Crippen LogP contribution in [0.2, 0.25) is 0 Å². The molecule has 2 rings (SSSR count). The van der Waals surface area contributed by atoms with E-state index in [4.69, 9.17) is 22.1 Å². The minimum absolute atomic E-state index is 0.124. The summed E-state index contributed by atoms with van der Waals surface area (Å²) in [7, 11) is 0. The molecular formula is C10H13FN2O4S. The molecule has 8 heteroatoms. The number of hydrogen-bond donors (Lipinski definition) is 3. The molecule has 1 fully saturated rings. The summed E-state index contributed by atoms with van der Waals surface area (Å²) in [6.45, 7) is 0.718. The first-order valence-corrected chi connectivity index (χ1v) is 5.76. The molecule has 0 spiro atoms. The zero-order valence-electron chi connectivity index (χ0n) is 9.59. The Labute approximate surface area is 107 Å². The number of aliphatic hydroxyl groups is 2. The van der Waals surface area contributed by atoms with E-state index in [1.165, 1.54) is 6.20 Å². The lowest BCUT2D eigenvalue weighted by Crippen LogP contribution is -2.38. The first-order valence-electron chi connectivity index (χ1n) is 5.35.